The summed E-state index contributed by atoms with van der Waals surface area (Å²) >= 11 is 0. The molecule has 2 heterocycles. The van der Waals surface area contributed by atoms with Crippen molar-refractivity contribution in [2.45, 2.75) is 6.92 Å². The first-order valence-electron chi connectivity index (χ1n) is 4.49. The number of nitrogens with one attached hydrogen (secondary N) is 2. The summed E-state index contributed by atoms with van der Waals surface area (Å²) in [5, 5.41) is 2.66. The van der Waals surface area contributed by atoms with Crippen molar-refractivity contribution in [1.82, 2.24) is 15.0 Å². The summed E-state index contributed by atoms with van der Waals surface area (Å²) in [7, 11) is 0. The van der Waals surface area contributed by atoms with Gasteiger partial charge in [-0.25, -0.2) is 9.97 Å². The van der Waals surface area contributed by atoms with Crippen LogP contribution < -0.4 is 5.32 Å². The molecule has 0 radical (unpaired) electrons. The van der Waals surface area contributed by atoms with E-state index < -0.39 is 0 Å². The van der Waals surface area contributed by atoms with Crippen molar-refractivity contribution in [3.63, 3.8) is 0 Å². The maximum absolute atomic E-state index is 11.6. The van der Waals surface area contributed by atoms with Crippen LogP contribution in [-0.2, 0) is 0 Å². The molecule has 0 bridgehead atoms. The second-order valence-electron chi connectivity index (χ2n) is 3.08. The number of rotatable bonds is 2. The average molecular weight is 202 g/mol. The highest BCUT2D eigenvalue weighted by Crippen LogP contribution is 2.05. The maximum atomic E-state index is 11.6. The van der Waals surface area contributed by atoms with Crippen molar-refractivity contribution in [2.24, 2.45) is 0 Å². The van der Waals surface area contributed by atoms with Crippen molar-refractivity contribution < 1.29 is 4.79 Å². The maximum Gasteiger partial charge on any atom is 0.274 e. The van der Waals surface area contributed by atoms with Crippen molar-refractivity contribution in [1.29, 1.82) is 0 Å². The molecule has 2 aromatic rings. The van der Waals surface area contributed by atoms with Gasteiger partial charge in [0.15, 0.2) is 0 Å². The van der Waals surface area contributed by atoms with Gasteiger partial charge in [-0.2, -0.15) is 0 Å². The van der Waals surface area contributed by atoms with Crippen molar-refractivity contribution in [3.8, 4) is 0 Å². The Kier molecular flexibility index (Phi) is 2.45. The summed E-state index contributed by atoms with van der Waals surface area (Å²) in [4.78, 5) is 22.2. The number of hydrogen-bond donors (Lipinski definition) is 2. The number of nitrogens with zero attached hydrogens (tertiary/aromatic N) is 2. The van der Waals surface area contributed by atoms with Crippen LogP contribution in [0, 0.1) is 6.92 Å². The van der Waals surface area contributed by atoms with Gasteiger partial charge in [-0.05, 0) is 19.1 Å². The fourth-order valence-electron chi connectivity index (χ4n) is 1.18. The second kappa shape index (κ2) is 3.91. The van der Waals surface area contributed by atoms with Gasteiger partial charge in [-0.15, -0.1) is 0 Å². The number of aryl methyl sites for hydroxylation is 1. The van der Waals surface area contributed by atoms with Crippen molar-refractivity contribution in [3.05, 3.63) is 42.1 Å². The Labute approximate surface area is 86.6 Å². The number of hydrogen-bond acceptors (Lipinski definition) is 3. The fourth-order valence-corrected chi connectivity index (χ4v) is 1.18. The molecule has 76 valence electrons. The van der Waals surface area contributed by atoms with E-state index in [2.05, 4.69) is 20.3 Å². The first-order valence-corrected chi connectivity index (χ1v) is 4.49. The highest BCUT2D eigenvalue weighted by Gasteiger charge is 2.07. The van der Waals surface area contributed by atoms with Gasteiger partial charge < -0.3 is 10.3 Å². The molecule has 1 amide bonds. The Bertz CT molecular complexity index is 464. The normalized spacial score (nSPS) is 9.93. The van der Waals surface area contributed by atoms with Crippen LogP contribution >= 0.6 is 0 Å². The number of H-pyrrole nitrogens is 1. The number of anilines is 1. The second-order valence-corrected chi connectivity index (χ2v) is 3.08. The summed E-state index contributed by atoms with van der Waals surface area (Å²) in [6, 6.07) is 5.44. The molecule has 0 fully saturated rings. The first kappa shape index (κ1) is 9.39. The predicted molar refractivity (Wildman–Crippen MR) is 55.5 cm³/mol. The number of amides is 1. The monoisotopic (exact) mass is 202 g/mol. The van der Waals surface area contributed by atoms with E-state index in [4.69, 9.17) is 0 Å². The molecule has 0 saturated carbocycles. The van der Waals surface area contributed by atoms with Gasteiger partial charge in [0.25, 0.3) is 5.91 Å². The third-order valence-corrected chi connectivity index (χ3v) is 1.87. The molecule has 15 heavy (non-hydrogen) atoms. The zero-order valence-electron chi connectivity index (χ0n) is 8.19. The van der Waals surface area contributed by atoms with Gasteiger partial charge in [0.2, 0.25) is 0 Å². The van der Waals surface area contributed by atoms with Gasteiger partial charge in [0.05, 0.1) is 12.5 Å². The number of carbonyl (C=O) groups excluding carboxylic acids is 1. The Morgan fingerprint density at radius 3 is 3.00 bits per heavy atom. The zero-order chi connectivity index (χ0) is 10.7. The Morgan fingerprint density at radius 2 is 2.33 bits per heavy atom. The van der Waals surface area contributed by atoms with Gasteiger partial charge in [0.1, 0.15) is 11.5 Å². The highest BCUT2D eigenvalue weighted by molar-refractivity contribution is 6.02. The van der Waals surface area contributed by atoms with Crippen molar-refractivity contribution in [2.75, 3.05) is 5.32 Å². The molecule has 5 heteroatoms. The molecular weight excluding hydrogens is 192 g/mol. The van der Waals surface area contributed by atoms with Crippen LogP contribution in [0.1, 0.15) is 16.2 Å². The summed E-state index contributed by atoms with van der Waals surface area (Å²) in [6.07, 6.45) is 2.92. The van der Waals surface area contributed by atoms with Crippen LogP contribution in [0.3, 0.4) is 0 Å². The van der Waals surface area contributed by atoms with Crippen LogP contribution in [0.25, 0.3) is 0 Å². The smallest absolute Gasteiger partial charge is 0.274 e. The molecule has 2 aromatic heterocycles. The quantitative estimate of drug-likeness (QED) is 0.772. The van der Waals surface area contributed by atoms with Gasteiger partial charge in [-0.3, -0.25) is 4.79 Å². The van der Waals surface area contributed by atoms with Gasteiger partial charge in [0, 0.05) is 5.69 Å². The largest absolute Gasteiger partial charge is 0.341 e. The lowest BCUT2D eigenvalue weighted by atomic mass is 10.3. The lowest BCUT2D eigenvalue weighted by Crippen LogP contribution is -2.13. The van der Waals surface area contributed by atoms with Crippen LogP contribution in [0.4, 0.5) is 5.82 Å². The van der Waals surface area contributed by atoms with Crippen LogP contribution in [0.2, 0.25) is 0 Å². The van der Waals surface area contributed by atoms with E-state index in [9.17, 15) is 4.79 Å². The van der Waals surface area contributed by atoms with E-state index in [0.717, 1.165) is 5.69 Å². The lowest BCUT2D eigenvalue weighted by molar-refractivity contribution is 0.102. The number of imidazole rings is 1. The number of carbonyl (C=O) groups is 1. The Balaban J connectivity index is 2.13. The number of aromatic amines is 1. The lowest BCUT2D eigenvalue weighted by Gasteiger charge is -2.02. The topological polar surface area (TPSA) is 70.7 Å². The molecule has 2 rings (SSSR count). The number of pyridine rings is 1. The molecule has 0 aromatic carbocycles. The van der Waals surface area contributed by atoms with Crippen LogP contribution in [-0.4, -0.2) is 20.9 Å². The summed E-state index contributed by atoms with van der Waals surface area (Å²) in [6.45, 7) is 1.87. The Hall–Kier alpha value is -2.17. The molecule has 0 spiro atoms. The highest BCUT2D eigenvalue weighted by atomic mass is 16.1. The van der Waals surface area contributed by atoms with Gasteiger partial charge >= 0.3 is 0 Å². The molecule has 0 aliphatic rings. The predicted octanol–water partition coefficient (Wildman–Crippen LogP) is 1.37. The summed E-state index contributed by atoms with van der Waals surface area (Å²) in [5.74, 6) is 0.292. The minimum absolute atomic E-state index is 0.245. The molecule has 0 unspecified atom stereocenters. The fraction of sp³-hybridized carbons (Fsp3) is 0.100. The SMILES string of the molecule is Cc1cccc(NC(=O)c2cnc[nH]2)n1. The van der Waals surface area contributed by atoms with Crippen LogP contribution in [0.5, 0.6) is 0 Å². The molecule has 0 saturated heterocycles. The van der Waals surface area contributed by atoms with E-state index >= 15 is 0 Å². The van der Waals surface area contributed by atoms with E-state index in [0.29, 0.717) is 11.5 Å². The first-order chi connectivity index (χ1) is 7.25. The third kappa shape index (κ3) is 2.19. The zero-order valence-corrected chi connectivity index (χ0v) is 8.19. The molecule has 5 nitrogen and oxygen atoms in total. The van der Waals surface area contributed by atoms with Gasteiger partial charge in [-0.1, -0.05) is 6.07 Å². The third-order valence-electron chi connectivity index (χ3n) is 1.87. The van der Waals surface area contributed by atoms with Crippen LogP contribution in [0.15, 0.2) is 30.7 Å². The van der Waals surface area contributed by atoms with E-state index in [1.807, 2.05) is 19.1 Å². The van der Waals surface area contributed by atoms with E-state index in [1.54, 1.807) is 6.07 Å². The Morgan fingerprint density at radius 1 is 1.47 bits per heavy atom. The average Bonchev–Trinajstić information content (AvgIpc) is 2.70. The minimum atomic E-state index is -0.245. The van der Waals surface area contributed by atoms with Crippen molar-refractivity contribution >= 4 is 11.7 Å². The number of aromatic nitrogens is 3. The van der Waals surface area contributed by atoms with E-state index in [-0.39, 0.29) is 5.91 Å². The minimum Gasteiger partial charge on any atom is -0.341 e. The standard InChI is InChI=1S/C10H10N4O/c1-7-3-2-4-9(13-7)14-10(15)8-5-11-6-12-8/h2-6H,1H3,(H,11,12)(H,13,14,15). The molecule has 0 atom stereocenters. The molecule has 0 aliphatic carbocycles. The summed E-state index contributed by atoms with van der Waals surface area (Å²) < 4.78 is 0. The molecular formula is C10H10N4O. The molecule has 2 N–H and O–H groups in total. The summed E-state index contributed by atoms with van der Waals surface area (Å²) in [5.41, 5.74) is 1.27. The van der Waals surface area contributed by atoms with E-state index in [1.165, 1.54) is 12.5 Å². The molecule has 0 aliphatic heterocycles.